The molecule has 1 rings (SSSR count). The number of rotatable bonds is 5. The van der Waals surface area contributed by atoms with E-state index in [4.69, 9.17) is 5.11 Å². The average molecular weight is 299 g/mol. The average Bonchev–Trinajstić information content (AvgIpc) is 2.40. The first kappa shape index (κ1) is 17.1. The maximum absolute atomic E-state index is 12.5. The Morgan fingerprint density at radius 3 is 1.75 bits per heavy atom. The summed E-state index contributed by atoms with van der Waals surface area (Å²) >= 11 is 0. The number of sulfonamides is 1. The molecule has 0 aliphatic heterocycles. The van der Waals surface area contributed by atoms with Crippen molar-refractivity contribution in [2.75, 3.05) is 13.2 Å². The second kappa shape index (κ2) is 6.24. The lowest BCUT2D eigenvalue weighted by molar-refractivity contribution is 0.238. The Morgan fingerprint density at radius 2 is 1.35 bits per heavy atom. The van der Waals surface area contributed by atoms with Crippen molar-refractivity contribution >= 4 is 10.0 Å². The van der Waals surface area contributed by atoms with Crippen LogP contribution in [0.2, 0.25) is 0 Å². The fourth-order valence-corrected chi connectivity index (χ4v) is 4.02. The predicted octanol–water partition coefficient (Wildman–Crippen LogP) is 2.14. The lowest BCUT2D eigenvalue weighted by atomic mass is 9.95. The standard InChI is InChI=1S/C15H25NO3S/c1-9(8-17)7-16-20(18,19)15-13(5)11(3)10(2)12(4)14(15)6/h9,16-17H,7-8H2,1-6H3. The highest BCUT2D eigenvalue weighted by molar-refractivity contribution is 7.89. The minimum atomic E-state index is -3.55. The summed E-state index contributed by atoms with van der Waals surface area (Å²) in [4.78, 5) is 0.378. The highest BCUT2D eigenvalue weighted by Gasteiger charge is 2.23. The van der Waals surface area contributed by atoms with Crippen LogP contribution in [0.1, 0.15) is 34.7 Å². The first-order valence-corrected chi connectivity index (χ1v) is 8.29. The van der Waals surface area contributed by atoms with Crippen LogP contribution in [0.15, 0.2) is 4.90 Å². The van der Waals surface area contributed by atoms with Crippen LogP contribution in [0, 0.1) is 40.5 Å². The molecule has 1 aromatic rings. The minimum Gasteiger partial charge on any atom is -0.396 e. The van der Waals surface area contributed by atoms with Crippen molar-refractivity contribution in [1.82, 2.24) is 4.72 Å². The van der Waals surface area contributed by atoms with Gasteiger partial charge in [0, 0.05) is 13.2 Å². The molecular weight excluding hydrogens is 274 g/mol. The van der Waals surface area contributed by atoms with Gasteiger partial charge in [-0.05, 0) is 68.4 Å². The first-order chi connectivity index (χ1) is 9.13. The van der Waals surface area contributed by atoms with Crippen LogP contribution in [-0.2, 0) is 10.0 Å². The van der Waals surface area contributed by atoms with E-state index in [0.717, 1.165) is 27.8 Å². The molecule has 4 nitrogen and oxygen atoms in total. The van der Waals surface area contributed by atoms with Crippen molar-refractivity contribution in [3.8, 4) is 0 Å². The molecule has 0 heterocycles. The summed E-state index contributed by atoms with van der Waals surface area (Å²) in [6, 6.07) is 0. The zero-order valence-electron chi connectivity index (χ0n) is 13.2. The number of aliphatic hydroxyl groups excluding tert-OH is 1. The molecule has 1 unspecified atom stereocenters. The van der Waals surface area contributed by atoms with Crippen LogP contribution < -0.4 is 4.72 Å². The topological polar surface area (TPSA) is 66.4 Å². The van der Waals surface area contributed by atoms with Crippen molar-refractivity contribution in [2.45, 2.75) is 46.4 Å². The molecule has 5 heteroatoms. The van der Waals surface area contributed by atoms with Gasteiger partial charge in [0.2, 0.25) is 10.0 Å². The second-order valence-electron chi connectivity index (χ2n) is 5.59. The van der Waals surface area contributed by atoms with Crippen LogP contribution in [0.5, 0.6) is 0 Å². The third-order valence-electron chi connectivity index (χ3n) is 4.13. The van der Waals surface area contributed by atoms with Crippen LogP contribution in [0.4, 0.5) is 0 Å². The molecule has 0 saturated heterocycles. The molecule has 0 radical (unpaired) electrons. The maximum atomic E-state index is 12.5. The number of hydrogen-bond acceptors (Lipinski definition) is 3. The fraction of sp³-hybridized carbons (Fsp3) is 0.600. The third kappa shape index (κ3) is 3.22. The maximum Gasteiger partial charge on any atom is 0.241 e. The van der Waals surface area contributed by atoms with Gasteiger partial charge < -0.3 is 5.11 Å². The molecule has 0 aliphatic carbocycles. The number of benzene rings is 1. The molecule has 2 N–H and O–H groups in total. The van der Waals surface area contributed by atoms with E-state index in [9.17, 15) is 8.42 Å². The van der Waals surface area contributed by atoms with Gasteiger partial charge in [0.25, 0.3) is 0 Å². The summed E-state index contributed by atoms with van der Waals surface area (Å²) in [6.07, 6.45) is 0. The Hall–Kier alpha value is -0.910. The molecule has 114 valence electrons. The van der Waals surface area contributed by atoms with Crippen LogP contribution in [0.3, 0.4) is 0 Å². The molecule has 1 aromatic carbocycles. The molecule has 0 aromatic heterocycles. The number of aliphatic hydroxyl groups is 1. The van der Waals surface area contributed by atoms with E-state index in [0.29, 0.717) is 4.90 Å². The number of hydrogen-bond donors (Lipinski definition) is 2. The van der Waals surface area contributed by atoms with E-state index in [2.05, 4.69) is 4.72 Å². The highest BCUT2D eigenvalue weighted by Crippen LogP contribution is 2.29. The van der Waals surface area contributed by atoms with E-state index in [1.54, 1.807) is 6.92 Å². The Balaban J connectivity index is 3.33. The largest absolute Gasteiger partial charge is 0.396 e. The monoisotopic (exact) mass is 299 g/mol. The van der Waals surface area contributed by atoms with Gasteiger partial charge in [-0.25, -0.2) is 13.1 Å². The van der Waals surface area contributed by atoms with E-state index in [1.807, 2.05) is 34.6 Å². The fourth-order valence-electron chi connectivity index (χ4n) is 2.26. The minimum absolute atomic E-state index is 0.0353. The molecule has 20 heavy (non-hydrogen) atoms. The molecular formula is C15H25NO3S. The third-order valence-corrected chi connectivity index (χ3v) is 5.83. The van der Waals surface area contributed by atoms with Crippen molar-refractivity contribution < 1.29 is 13.5 Å². The molecule has 0 spiro atoms. The normalized spacial score (nSPS) is 13.6. The summed E-state index contributed by atoms with van der Waals surface area (Å²) in [5.74, 6) is -0.0990. The molecule has 0 amide bonds. The molecule has 1 atom stereocenters. The highest BCUT2D eigenvalue weighted by atomic mass is 32.2. The first-order valence-electron chi connectivity index (χ1n) is 6.81. The van der Waals surface area contributed by atoms with Gasteiger partial charge in [-0.1, -0.05) is 6.92 Å². The summed E-state index contributed by atoms with van der Waals surface area (Å²) in [5, 5.41) is 9.00. The zero-order chi connectivity index (χ0) is 15.7. The summed E-state index contributed by atoms with van der Waals surface area (Å²) in [5.41, 5.74) is 4.78. The predicted molar refractivity (Wildman–Crippen MR) is 81.6 cm³/mol. The van der Waals surface area contributed by atoms with Gasteiger partial charge in [0.05, 0.1) is 4.90 Å². The van der Waals surface area contributed by atoms with E-state index < -0.39 is 10.0 Å². The summed E-state index contributed by atoms with van der Waals surface area (Å²) in [7, 11) is -3.55. The number of nitrogens with one attached hydrogen (secondary N) is 1. The van der Waals surface area contributed by atoms with Crippen LogP contribution in [0.25, 0.3) is 0 Å². The van der Waals surface area contributed by atoms with Crippen molar-refractivity contribution in [1.29, 1.82) is 0 Å². The van der Waals surface area contributed by atoms with Crippen molar-refractivity contribution in [2.24, 2.45) is 5.92 Å². The van der Waals surface area contributed by atoms with Gasteiger partial charge in [-0.15, -0.1) is 0 Å². The molecule has 0 bridgehead atoms. The van der Waals surface area contributed by atoms with Gasteiger partial charge in [0.1, 0.15) is 0 Å². The van der Waals surface area contributed by atoms with Gasteiger partial charge in [-0.3, -0.25) is 0 Å². The van der Waals surface area contributed by atoms with Crippen molar-refractivity contribution in [3.05, 3.63) is 27.8 Å². The van der Waals surface area contributed by atoms with Crippen LogP contribution >= 0.6 is 0 Å². The zero-order valence-corrected chi connectivity index (χ0v) is 14.0. The summed E-state index contributed by atoms with van der Waals surface area (Å²) in [6.45, 7) is 11.6. The van der Waals surface area contributed by atoms with Crippen LogP contribution in [-0.4, -0.2) is 26.7 Å². The van der Waals surface area contributed by atoms with Crippen molar-refractivity contribution in [3.63, 3.8) is 0 Å². The van der Waals surface area contributed by atoms with E-state index in [-0.39, 0.29) is 19.1 Å². The van der Waals surface area contributed by atoms with Gasteiger partial charge in [-0.2, -0.15) is 0 Å². The van der Waals surface area contributed by atoms with Gasteiger partial charge >= 0.3 is 0 Å². The Labute approximate surface area is 122 Å². The van der Waals surface area contributed by atoms with E-state index in [1.165, 1.54) is 0 Å². The summed E-state index contributed by atoms with van der Waals surface area (Å²) < 4.78 is 27.6. The van der Waals surface area contributed by atoms with Gasteiger partial charge in [0.15, 0.2) is 0 Å². The quantitative estimate of drug-likeness (QED) is 0.875. The Kier molecular flexibility index (Phi) is 5.35. The molecule has 0 aliphatic rings. The Bertz CT molecular complexity index is 577. The lowest BCUT2D eigenvalue weighted by Crippen LogP contribution is -2.31. The molecule has 0 fully saturated rings. The Morgan fingerprint density at radius 1 is 0.950 bits per heavy atom. The lowest BCUT2D eigenvalue weighted by Gasteiger charge is -2.19. The SMILES string of the molecule is Cc1c(C)c(C)c(S(=O)(=O)NCC(C)CO)c(C)c1C. The second-order valence-corrected chi connectivity index (χ2v) is 7.30. The van der Waals surface area contributed by atoms with E-state index >= 15 is 0 Å². The smallest absolute Gasteiger partial charge is 0.241 e. The molecule has 0 saturated carbocycles.